The number of hydrogen-bond donors (Lipinski definition) is 0. The van der Waals surface area contributed by atoms with Gasteiger partial charge in [0.1, 0.15) is 0 Å². The molecule has 0 fully saturated rings. The van der Waals surface area contributed by atoms with E-state index >= 15 is 0 Å². The lowest BCUT2D eigenvalue weighted by atomic mass is 10.2. The Balaban J connectivity index is 2.64. The maximum absolute atomic E-state index is 11.5. The summed E-state index contributed by atoms with van der Waals surface area (Å²) in [6.07, 6.45) is 4.46. The fourth-order valence-electron chi connectivity index (χ4n) is 1.04. The number of rotatable bonds is 4. The van der Waals surface area contributed by atoms with Gasteiger partial charge in [-0.1, -0.05) is 43.5 Å². The van der Waals surface area contributed by atoms with Crippen LogP contribution in [0.15, 0.2) is 67.3 Å². The molecule has 0 bridgehead atoms. The molecule has 0 N–H and O–H groups in total. The molecule has 0 unspecified atom stereocenters. The Morgan fingerprint density at radius 3 is 2.41 bits per heavy atom. The second kappa shape index (κ2) is 6.23. The van der Waals surface area contributed by atoms with Gasteiger partial charge in [-0.25, -0.2) is 9.59 Å². The summed E-state index contributed by atoms with van der Waals surface area (Å²) in [5.74, 6) is -1.46. The summed E-state index contributed by atoms with van der Waals surface area (Å²) in [5, 5.41) is 0. The van der Waals surface area contributed by atoms with E-state index in [1.165, 1.54) is 18.2 Å². The lowest BCUT2D eigenvalue weighted by Gasteiger charge is -2.02. The van der Waals surface area contributed by atoms with E-state index in [2.05, 4.69) is 17.9 Å². The maximum atomic E-state index is 11.5. The molecule has 0 atom stereocenters. The first-order valence-corrected chi connectivity index (χ1v) is 4.94. The van der Waals surface area contributed by atoms with Gasteiger partial charge in [0.15, 0.2) is 0 Å². The van der Waals surface area contributed by atoms with Gasteiger partial charge in [0.25, 0.3) is 0 Å². The number of allylic oxidation sites excluding steroid dienone is 2. The van der Waals surface area contributed by atoms with E-state index in [0.717, 1.165) is 0 Å². The number of hydrogen-bond acceptors (Lipinski definition) is 3. The van der Waals surface area contributed by atoms with Crippen LogP contribution < -0.4 is 0 Å². The molecule has 0 saturated heterocycles. The van der Waals surface area contributed by atoms with Crippen LogP contribution in [-0.4, -0.2) is 11.9 Å². The van der Waals surface area contributed by atoms with E-state index < -0.39 is 11.9 Å². The van der Waals surface area contributed by atoms with Crippen molar-refractivity contribution in [1.29, 1.82) is 0 Å². The summed E-state index contributed by atoms with van der Waals surface area (Å²) in [4.78, 5) is 22.9. The van der Waals surface area contributed by atoms with Gasteiger partial charge in [0.2, 0.25) is 0 Å². The van der Waals surface area contributed by atoms with Crippen LogP contribution in [0.3, 0.4) is 0 Å². The molecule has 1 aromatic rings. The minimum absolute atomic E-state index is 0.0918. The second-order valence-corrected chi connectivity index (χ2v) is 3.16. The molecule has 0 aliphatic rings. The van der Waals surface area contributed by atoms with Crippen molar-refractivity contribution in [2.75, 3.05) is 0 Å². The van der Waals surface area contributed by atoms with Crippen LogP contribution in [0.5, 0.6) is 0 Å². The van der Waals surface area contributed by atoms with Crippen molar-refractivity contribution in [3.05, 3.63) is 72.9 Å². The highest BCUT2D eigenvalue weighted by molar-refractivity contribution is 6.03. The lowest BCUT2D eigenvalue weighted by molar-refractivity contribution is -0.133. The van der Waals surface area contributed by atoms with Crippen molar-refractivity contribution in [2.24, 2.45) is 0 Å². The molecule has 0 aromatic heterocycles. The molecule has 1 rings (SSSR count). The third kappa shape index (κ3) is 3.91. The van der Waals surface area contributed by atoms with Gasteiger partial charge >= 0.3 is 11.9 Å². The van der Waals surface area contributed by atoms with Crippen LogP contribution in [0.1, 0.15) is 10.4 Å². The van der Waals surface area contributed by atoms with Crippen LogP contribution in [0.4, 0.5) is 0 Å². The molecular weight excluding hydrogens is 216 g/mol. The Labute approximate surface area is 99.7 Å². The lowest BCUT2D eigenvalue weighted by Crippen LogP contribution is -2.13. The van der Waals surface area contributed by atoms with Crippen LogP contribution >= 0.6 is 0 Å². The zero-order valence-electron chi connectivity index (χ0n) is 9.26. The quantitative estimate of drug-likeness (QED) is 0.344. The average molecular weight is 228 g/mol. The first kappa shape index (κ1) is 12.6. The van der Waals surface area contributed by atoms with Crippen molar-refractivity contribution in [2.45, 2.75) is 0 Å². The van der Waals surface area contributed by atoms with Gasteiger partial charge in [0, 0.05) is 0 Å². The average Bonchev–Trinajstić information content (AvgIpc) is 2.36. The highest BCUT2D eigenvalue weighted by atomic mass is 16.6. The summed E-state index contributed by atoms with van der Waals surface area (Å²) >= 11 is 0. The molecule has 3 heteroatoms. The number of carbonyl (C=O) groups excluding carboxylic acids is 2. The summed E-state index contributed by atoms with van der Waals surface area (Å²) in [5.41, 5.74) is 0.413. The predicted octanol–water partition coefficient (Wildman–Crippen LogP) is 2.67. The molecule has 0 aliphatic carbocycles. The van der Waals surface area contributed by atoms with Crippen LogP contribution in [-0.2, 0) is 9.53 Å². The minimum atomic E-state index is -0.767. The van der Waals surface area contributed by atoms with Crippen molar-refractivity contribution < 1.29 is 14.3 Å². The summed E-state index contributed by atoms with van der Waals surface area (Å²) < 4.78 is 4.63. The molecule has 0 amide bonds. The molecule has 86 valence electrons. The van der Waals surface area contributed by atoms with Gasteiger partial charge in [-0.15, -0.1) is 0 Å². The maximum Gasteiger partial charge on any atom is 0.346 e. The highest BCUT2D eigenvalue weighted by Crippen LogP contribution is 2.04. The fraction of sp³-hybridized carbons (Fsp3) is 0. The standard InChI is InChI=1S/C14H12O3/c1-3-4-8-11(2)13(15)17-14(16)12-9-6-5-7-10-12/h3-10H,1-2H2/b8-4-. The smallest absolute Gasteiger partial charge is 0.346 e. The zero-order chi connectivity index (χ0) is 12.7. The Hall–Kier alpha value is -2.42. The van der Waals surface area contributed by atoms with E-state index in [1.807, 2.05) is 0 Å². The number of ether oxygens (including phenoxy) is 1. The van der Waals surface area contributed by atoms with Crippen molar-refractivity contribution >= 4 is 11.9 Å². The van der Waals surface area contributed by atoms with Crippen molar-refractivity contribution in [3.8, 4) is 0 Å². The molecule has 0 spiro atoms. The molecule has 3 nitrogen and oxygen atoms in total. The van der Waals surface area contributed by atoms with Gasteiger partial charge in [-0.05, 0) is 18.2 Å². The van der Waals surface area contributed by atoms with E-state index in [1.54, 1.807) is 30.3 Å². The van der Waals surface area contributed by atoms with E-state index in [4.69, 9.17) is 0 Å². The first-order valence-electron chi connectivity index (χ1n) is 4.94. The molecule has 0 aliphatic heterocycles. The van der Waals surface area contributed by atoms with Gasteiger partial charge in [-0.2, -0.15) is 0 Å². The molecule has 1 aromatic carbocycles. The van der Waals surface area contributed by atoms with Crippen molar-refractivity contribution in [3.63, 3.8) is 0 Å². The summed E-state index contributed by atoms with van der Waals surface area (Å²) in [7, 11) is 0. The highest BCUT2D eigenvalue weighted by Gasteiger charge is 2.13. The van der Waals surface area contributed by atoms with E-state index in [-0.39, 0.29) is 5.57 Å². The van der Waals surface area contributed by atoms with E-state index in [9.17, 15) is 9.59 Å². The van der Waals surface area contributed by atoms with Gasteiger partial charge < -0.3 is 4.74 Å². The SMILES string of the molecule is C=C/C=C\C(=C)C(=O)OC(=O)c1ccccc1. The number of esters is 2. The van der Waals surface area contributed by atoms with Gasteiger partial charge in [0.05, 0.1) is 11.1 Å². The van der Waals surface area contributed by atoms with Crippen molar-refractivity contribution in [1.82, 2.24) is 0 Å². The molecule has 17 heavy (non-hydrogen) atoms. The minimum Gasteiger partial charge on any atom is -0.386 e. The Kier molecular flexibility index (Phi) is 4.63. The van der Waals surface area contributed by atoms with Crippen LogP contribution in [0, 0.1) is 0 Å². The fourth-order valence-corrected chi connectivity index (χ4v) is 1.04. The normalized spacial score (nSPS) is 9.88. The Bertz CT molecular complexity index is 470. The Morgan fingerprint density at radius 2 is 1.82 bits per heavy atom. The second-order valence-electron chi connectivity index (χ2n) is 3.16. The van der Waals surface area contributed by atoms with Crippen LogP contribution in [0.2, 0.25) is 0 Å². The van der Waals surface area contributed by atoms with Gasteiger partial charge in [-0.3, -0.25) is 0 Å². The number of benzene rings is 1. The molecule has 0 saturated carbocycles. The number of carbonyl (C=O) groups is 2. The molecule has 0 radical (unpaired) electrons. The zero-order valence-corrected chi connectivity index (χ0v) is 9.26. The van der Waals surface area contributed by atoms with Crippen LogP contribution in [0.25, 0.3) is 0 Å². The molecule has 0 heterocycles. The predicted molar refractivity (Wildman–Crippen MR) is 65.3 cm³/mol. The first-order chi connectivity index (χ1) is 8.15. The monoisotopic (exact) mass is 228 g/mol. The largest absolute Gasteiger partial charge is 0.386 e. The molecular formula is C14H12O3. The van der Waals surface area contributed by atoms with E-state index in [0.29, 0.717) is 5.56 Å². The summed E-state index contributed by atoms with van der Waals surface area (Å²) in [6.45, 7) is 6.93. The topological polar surface area (TPSA) is 43.4 Å². The Morgan fingerprint density at radius 1 is 1.18 bits per heavy atom. The third-order valence-electron chi connectivity index (χ3n) is 1.89. The summed E-state index contributed by atoms with van der Waals surface area (Å²) in [6, 6.07) is 8.28. The third-order valence-corrected chi connectivity index (χ3v) is 1.89.